The van der Waals surface area contributed by atoms with E-state index >= 15 is 0 Å². The van der Waals surface area contributed by atoms with Crippen LogP contribution >= 0.6 is 0 Å². The van der Waals surface area contributed by atoms with Crippen molar-refractivity contribution in [3.63, 3.8) is 0 Å². The minimum atomic E-state index is -0.233. The van der Waals surface area contributed by atoms with Crippen LogP contribution in [0.1, 0.15) is 97.5 Å². The van der Waals surface area contributed by atoms with Crippen LogP contribution in [0.3, 0.4) is 0 Å². The molecule has 4 aliphatic rings. The zero-order valence-corrected chi connectivity index (χ0v) is 23.7. The van der Waals surface area contributed by atoms with Gasteiger partial charge < -0.3 is 9.47 Å². The van der Waals surface area contributed by atoms with Crippen LogP contribution in [0.4, 0.5) is 0 Å². The Morgan fingerprint density at radius 3 is 2.45 bits per heavy atom. The molecular formula is C33H46O5. The van der Waals surface area contributed by atoms with Gasteiger partial charge in [0.05, 0.1) is 0 Å². The van der Waals surface area contributed by atoms with E-state index in [1.807, 2.05) is 30.3 Å². The van der Waals surface area contributed by atoms with E-state index < -0.39 is 0 Å². The van der Waals surface area contributed by atoms with Crippen molar-refractivity contribution in [1.29, 1.82) is 0 Å². The highest BCUT2D eigenvalue weighted by atomic mass is 16.5. The lowest BCUT2D eigenvalue weighted by molar-refractivity contribution is -0.169. The average Bonchev–Trinajstić information content (AvgIpc) is 3.25. The Morgan fingerprint density at radius 1 is 1.00 bits per heavy atom. The fourth-order valence-corrected chi connectivity index (χ4v) is 9.68. The minimum absolute atomic E-state index is 0.0317. The van der Waals surface area contributed by atoms with Crippen molar-refractivity contribution in [3.8, 4) is 0 Å². The third-order valence-electron chi connectivity index (χ3n) is 11.5. The topological polar surface area (TPSA) is 69.7 Å². The Morgan fingerprint density at radius 2 is 1.71 bits per heavy atom. The molecule has 0 radical (unpaired) electrons. The van der Waals surface area contributed by atoms with Crippen LogP contribution < -0.4 is 0 Å². The van der Waals surface area contributed by atoms with Gasteiger partial charge in [-0.05, 0) is 97.3 Å². The Bertz CT molecular complexity index is 1040. The van der Waals surface area contributed by atoms with E-state index in [-0.39, 0.29) is 34.8 Å². The first kappa shape index (κ1) is 27.4. The summed E-state index contributed by atoms with van der Waals surface area (Å²) in [5, 5.41) is 0. The number of fused-ring (bicyclic) bond motifs is 5. The Labute approximate surface area is 228 Å². The van der Waals surface area contributed by atoms with E-state index in [0.29, 0.717) is 61.2 Å². The molecule has 1 aromatic rings. The standard InChI is InChI=1S/C33H46O5/c1-21(10-13-31(36)37-20-23-8-6-5-7-9-23)26-11-12-27-25-19-30(35)29-18-24(38-22(2)34)14-16-33(29,4)28(25)15-17-32(26,27)3/h5-9,21,24-29H,10-20H2,1-4H3/t21-,24-,25+,26-,27+,28+,29+,32-,33-/m1/s1. The van der Waals surface area contributed by atoms with E-state index in [2.05, 4.69) is 20.8 Å². The molecule has 0 bridgehead atoms. The second-order valence-electron chi connectivity index (χ2n) is 13.5. The summed E-state index contributed by atoms with van der Waals surface area (Å²) in [5.74, 6) is 2.81. The summed E-state index contributed by atoms with van der Waals surface area (Å²) in [6.45, 7) is 9.01. The van der Waals surface area contributed by atoms with Crippen LogP contribution in [0.5, 0.6) is 0 Å². The van der Waals surface area contributed by atoms with E-state index in [4.69, 9.17) is 9.47 Å². The maximum absolute atomic E-state index is 13.6. The average molecular weight is 523 g/mol. The lowest BCUT2D eigenvalue weighted by Gasteiger charge is -2.60. The summed E-state index contributed by atoms with van der Waals surface area (Å²) in [5.41, 5.74) is 1.30. The quantitative estimate of drug-likeness (QED) is 0.364. The third-order valence-corrected chi connectivity index (χ3v) is 11.5. The molecule has 4 aliphatic carbocycles. The van der Waals surface area contributed by atoms with Crippen molar-refractivity contribution >= 4 is 17.7 Å². The number of carbonyl (C=O) groups is 3. The summed E-state index contributed by atoms with van der Waals surface area (Å²) in [4.78, 5) is 37.6. The van der Waals surface area contributed by atoms with Crippen LogP contribution in [0.25, 0.3) is 0 Å². The van der Waals surface area contributed by atoms with Crippen LogP contribution in [0.15, 0.2) is 30.3 Å². The number of hydrogen-bond donors (Lipinski definition) is 0. The lowest BCUT2D eigenvalue weighted by Crippen LogP contribution is -2.57. The van der Waals surface area contributed by atoms with Crippen LogP contribution in [-0.2, 0) is 30.5 Å². The molecule has 0 N–H and O–H groups in total. The molecule has 0 heterocycles. The van der Waals surface area contributed by atoms with Gasteiger partial charge in [-0.3, -0.25) is 14.4 Å². The fraction of sp³-hybridized carbons (Fsp3) is 0.727. The molecule has 38 heavy (non-hydrogen) atoms. The molecule has 5 heteroatoms. The normalized spacial score (nSPS) is 38.9. The monoisotopic (exact) mass is 522 g/mol. The second kappa shape index (κ2) is 10.8. The van der Waals surface area contributed by atoms with E-state index in [1.165, 1.54) is 32.6 Å². The highest BCUT2D eigenvalue weighted by Crippen LogP contribution is 2.68. The minimum Gasteiger partial charge on any atom is -0.463 e. The van der Waals surface area contributed by atoms with Crippen molar-refractivity contribution < 1.29 is 23.9 Å². The second-order valence-corrected chi connectivity index (χ2v) is 13.5. The number of carbonyl (C=O) groups excluding carboxylic acids is 3. The van der Waals surface area contributed by atoms with E-state index in [0.717, 1.165) is 24.8 Å². The van der Waals surface area contributed by atoms with Crippen LogP contribution in [0.2, 0.25) is 0 Å². The first-order valence-corrected chi connectivity index (χ1v) is 15.0. The molecule has 0 spiro atoms. The summed E-state index contributed by atoms with van der Waals surface area (Å²) in [6, 6.07) is 9.86. The van der Waals surface area contributed by atoms with Crippen molar-refractivity contribution in [2.75, 3.05) is 0 Å². The highest BCUT2D eigenvalue weighted by molar-refractivity contribution is 5.83. The maximum Gasteiger partial charge on any atom is 0.306 e. The molecule has 208 valence electrons. The molecule has 4 saturated carbocycles. The van der Waals surface area contributed by atoms with Crippen molar-refractivity contribution in [3.05, 3.63) is 35.9 Å². The first-order valence-electron chi connectivity index (χ1n) is 15.0. The zero-order valence-electron chi connectivity index (χ0n) is 23.7. The molecule has 0 aromatic heterocycles. The fourth-order valence-electron chi connectivity index (χ4n) is 9.68. The van der Waals surface area contributed by atoms with Gasteiger partial charge in [-0.2, -0.15) is 0 Å². The van der Waals surface area contributed by atoms with E-state index in [1.54, 1.807) is 0 Å². The van der Waals surface area contributed by atoms with Crippen LogP contribution in [0, 0.1) is 46.3 Å². The summed E-state index contributed by atoms with van der Waals surface area (Å²) in [7, 11) is 0. The summed E-state index contributed by atoms with van der Waals surface area (Å²) < 4.78 is 11.1. The Balaban J connectivity index is 1.20. The highest BCUT2D eigenvalue weighted by Gasteiger charge is 2.62. The van der Waals surface area contributed by atoms with Gasteiger partial charge in [-0.25, -0.2) is 0 Å². The molecule has 1 aromatic carbocycles. The number of hydrogen-bond acceptors (Lipinski definition) is 5. The van der Waals surface area contributed by atoms with Crippen LogP contribution in [-0.4, -0.2) is 23.8 Å². The molecule has 5 nitrogen and oxygen atoms in total. The number of ketones is 1. The Hall–Kier alpha value is -2.17. The van der Waals surface area contributed by atoms with Gasteiger partial charge in [0.1, 0.15) is 18.5 Å². The molecule has 5 rings (SSSR count). The third kappa shape index (κ3) is 5.07. The van der Waals surface area contributed by atoms with Gasteiger partial charge >= 0.3 is 11.9 Å². The lowest BCUT2D eigenvalue weighted by atomic mass is 9.44. The molecule has 0 aliphatic heterocycles. The van der Waals surface area contributed by atoms with Gasteiger partial charge in [0.25, 0.3) is 0 Å². The largest absolute Gasteiger partial charge is 0.463 e. The van der Waals surface area contributed by atoms with Gasteiger partial charge in [-0.1, -0.05) is 51.1 Å². The predicted octanol–water partition coefficient (Wildman–Crippen LogP) is 6.92. The number of rotatable bonds is 7. The Kier molecular flexibility index (Phi) is 7.77. The molecule has 0 amide bonds. The number of esters is 2. The molecule has 0 unspecified atom stereocenters. The molecule has 9 atom stereocenters. The zero-order chi connectivity index (χ0) is 27.1. The summed E-state index contributed by atoms with van der Waals surface area (Å²) in [6.07, 6.45) is 9.32. The maximum atomic E-state index is 13.6. The van der Waals surface area contributed by atoms with Gasteiger partial charge in [0, 0.05) is 25.7 Å². The molecule has 4 fully saturated rings. The number of ether oxygens (including phenoxy) is 2. The van der Waals surface area contributed by atoms with Crippen molar-refractivity contribution in [2.24, 2.45) is 46.3 Å². The smallest absolute Gasteiger partial charge is 0.306 e. The van der Waals surface area contributed by atoms with Gasteiger partial charge in [0.2, 0.25) is 0 Å². The van der Waals surface area contributed by atoms with Crippen molar-refractivity contribution in [2.45, 2.75) is 105 Å². The molecule has 0 saturated heterocycles. The summed E-state index contributed by atoms with van der Waals surface area (Å²) >= 11 is 0. The van der Waals surface area contributed by atoms with Crippen molar-refractivity contribution in [1.82, 2.24) is 0 Å². The van der Waals surface area contributed by atoms with Gasteiger partial charge in [-0.15, -0.1) is 0 Å². The van der Waals surface area contributed by atoms with Gasteiger partial charge in [0.15, 0.2) is 0 Å². The van der Waals surface area contributed by atoms with E-state index in [9.17, 15) is 14.4 Å². The predicted molar refractivity (Wildman–Crippen MR) is 146 cm³/mol. The number of benzene rings is 1. The number of Topliss-reactive ketones (excluding diaryl/α,β-unsaturated/α-hetero) is 1. The molecular weight excluding hydrogens is 476 g/mol. The first-order chi connectivity index (χ1) is 18.1. The SMILES string of the molecule is CC(=O)O[C@@H]1CC[C@@]2(C)[C@@H](C1)C(=O)C[C@@H]1[C@@H]2CC[C@]2(C)[C@@H]([C@H](C)CCC(=O)OCc3ccccc3)CC[C@@H]12.